The number of sulfone groups is 1. The smallest absolute Gasteiger partial charge is 0.238 e. The summed E-state index contributed by atoms with van der Waals surface area (Å²) in [4.78, 5) is 11.8. The molecular formula is C12H18N2O4S. The van der Waals surface area contributed by atoms with Crippen LogP contribution in [0.4, 0.5) is 0 Å². The van der Waals surface area contributed by atoms with Crippen LogP contribution in [0.25, 0.3) is 0 Å². The number of carbonyl (C=O) groups is 1. The molecular weight excluding hydrogens is 268 g/mol. The molecule has 0 spiro atoms. The quantitative estimate of drug-likeness (QED) is 0.763. The fourth-order valence-corrected chi connectivity index (χ4v) is 3.42. The van der Waals surface area contributed by atoms with Gasteiger partial charge in [-0.2, -0.15) is 0 Å². The number of amides is 1. The molecule has 2 heterocycles. The van der Waals surface area contributed by atoms with Crippen molar-refractivity contribution in [3.8, 4) is 0 Å². The molecule has 1 unspecified atom stereocenters. The van der Waals surface area contributed by atoms with E-state index >= 15 is 0 Å². The molecule has 0 aliphatic carbocycles. The second-order valence-corrected chi connectivity index (χ2v) is 7.16. The van der Waals surface area contributed by atoms with Crippen molar-refractivity contribution in [2.45, 2.75) is 18.7 Å². The lowest BCUT2D eigenvalue weighted by Crippen LogP contribution is -2.48. The maximum Gasteiger partial charge on any atom is 0.238 e. The molecule has 0 aromatic carbocycles. The molecule has 1 aliphatic heterocycles. The van der Waals surface area contributed by atoms with Crippen LogP contribution in [-0.2, 0) is 21.2 Å². The molecule has 19 heavy (non-hydrogen) atoms. The van der Waals surface area contributed by atoms with Gasteiger partial charge in [0, 0.05) is 13.1 Å². The van der Waals surface area contributed by atoms with E-state index in [0.29, 0.717) is 18.8 Å². The van der Waals surface area contributed by atoms with Gasteiger partial charge in [0.15, 0.2) is 9.84 Å². The van der Waals surface area contributed by atoms with Crippen molar-refractivity contribution in [3.05, 3.63) is 24.2 Å². The SMILES string of the molecule is CC(C(=O)NCc1ccco1)S(=O)(=O)CC1CNC1. The topological polar surface area (TPSA) is 88.4 Å². The van der Waals surface area contributed by atoms with Crippen molar-refractivity contribution in [2.24, 2.45) is 5.92 Å². The first-order valence-electron chi connectivity index (χ1n) is 6.21. The highest BCUT2D eigenvalue weighted by atomic mass is 32.2. The highest BCUT2D eigenvalue weighted by Crippen LogP contribution is 2.12. The molecule has 0 bridgehead atoms. The van der Waals surface area contributed by atoms with Gasteiger partial charge in [0.25, 0.3) is 0 Å². The molecule has 6 nitrogen and oxygen atoms in total. The number of nitrogens with one attached hydrogen (secondary N) is 2. The number of furan rings is 1. The molecule has 1 amide bonds. The summed E-state index contributed by atoms with van der Waals surface area (Å²) in [5.74, 6) is 0.310. The lowest BCUT2D eigenvalue weighted by atomic mass is 10.1. The van der Waals surface area contributed by atoms with Crippen molar-refractivity contribution in [1.82, 2.24) is 10.6 Å². The fourth-order valence-electron chi connectivity index (χ4n) is 1.83. The normalized spacial score (nSPS) is 17.7. The van der Waals surface area contributed by atoms with Crippen molar-refractivity contribution < 1.29 is 17.6 Å². The molecule has 2 N–H and O–H groups in total. The Labute approximate surface area is 112 Å². The number of hydrogen-bond acceptors (Lipinski definition) is 5. The summed E-state index contributed by atoms with van der Waals surface area (Å²) in [6, 6.07) is 3.44. The van der Waals surface area contributed by atoms with Gasteiger partial charge in [0.2, 0.25) is 5.91 Å². The van der Waals surface area contributed by atoms with E-state index in [0.717, 1.165) is 0 Å². The Morgan fingerprint density at radius 2 is 2.32 bits per heavy atom. The third kappa shape index (κ3) is 3.57. The highest BCUT2D eigenvalue weighted by Gasteiger charge is 2.32. The average Bonchev–Trinajstić information content (AvgIpc) is 2.83. The van der Waals surface area contributed by atoms with Crippen LogP contribution in [0, 0.1) is 5.92 Å². The summed E-state index contributed by atoms with van der Waals surface area (Å²) < 4.78 is 29.1. The van der Waals surface area contributed by atoms with Crippen LogP contribution in [0.1, 0.15) is 12.7 Å². The van der Waals surface area contributed by atoms with Crippen LogP contribution in [-0.4, -0.2) is 38.4 Å². The number of carbonyl (C=O) groups excluding carboxylic acids is 1. The Morgan fingerprint density at radius 1 is 1.58 bits per heavy atom. The molecule has 0 radical (unpaired) electrons. The maximum absolute atomic E-state index is 12.0. The maximum atomic E-state index is 12.0. The van der Waals surface area contributed by atoms with Gasteiger partial charge in [-0.05, 0) is 25.0 Å². The lowest BCUT2D eigenvalue weighted by Gasteiger charge is -2.27. The fraction of sp³-hybridized carbons (Fsp3) is 0.583. The van der Waals surface area contributed by atoms with Crippen LogP contribution in [0.3, 0.4) is 0 Å². The largest absolute Gasteiger partial charge is 0.467 e. The number of hydrogen-bond donors (Lipinski definition) is 2. The third-order valence-electron chi connectivity index (χ3n) is 3.26. The van der Waals surface area contributed by atoms with Gasteiger partial charge in [-0.3, -0.25) is 4.79 Å². The first kappa shape index (κ1) is 14.1. The van der Waals surface area contributed by atoms with Gasteiger partial charge in [-0.1, -0.05) is 0 Å². The monoisotopic (exact) mass is 286 g/mol. The Balaban J connectivity index is 1.86. The lowest BCUT2D eigenvalue weighted by molar-refractivity contribution is -0.120. The first-order chi connectivity index (χ1) is 8.99. The van der Waals surface area contributed by atoms with E-state index in [1.54, 1.807) is 12.1 Å². The first-order valence-corrected chi connectivity index (χ1v) is 7.93. The highest BCUT2D eigenvalue weighted by molar-refractivity contribution is 7.92. The van der Waals surface area contributed by atoms with Crippen LogP contribution in [0.15, 0.2) is 22.8 Å². The molecule has 7 heteroatoms. The van der Waals surface area contributed by atoms with Gasteiger partial charge < -0.3 is 15.1 Å². The Kier molecular flexibility index (Phi) is 4.26. The zero-order chi connectivity index (χ0) is 13.9. The van der Waals surface area contributed by atoms with E-state index in [4.69, 9.17) is 4.42 Å². The summed E-state index contributed by atoms with van der Waals surface area (Å²) in [6.45, 7) is 3.05. The number of rotatable bonds is 6. The summed E-state index contributed by atoms with van der Waals surface area (Å²) in [6.07, 6.45) is 1.51. The summed E-state index contributed by atoms with van der Waals surface area (Å²) in [5.41, 5.74) is 0. The average molecular weight is 286 g/mol. The van der Waals surface area contributed by atoms with Gasteiger partial charge in [0.1, 0.15) is 11.0 Å². The molecule has 1 aromatic rings. The minimum absolute atomic E-state index is 0.0648. The Hall–Kier alpha value is -1.34. The second kappa shape index (κ2) is 5.75. The van der Waals surface area contributed by atoms with Gasteiger partial charge in [-0.25, -0.2) is 8.42 Å². The van der Waals surface area contributed by atoms with Gasteiger partial charge in [0.05, 0.1) is 18.6 Å². The van der Waals surface area contributed by atoms with E-state index < -0.39 is 21.0 Å². The van der Waals surface area contributed by atoms with E-state index in [1.807, 2.05) is 0 Å². The zero-order valence-corrected chi connectivity index (χ0v) is 11.6. The molecule has 0 saturated carbocycles. The summed E-state index contributed by atoms with van der Waals surface area (Å²) >= 11 is 0. The van der Waals surface area contributed by atoms with E-state index in [9.17, 15) is 13.2 Å². The molecule has 106 valence electrons. The summed E-state index contributed by atoms with van der Waals surface area (Å²) in [5, 5.41) is 4.57. The van der Waals surface area contributed by atoms with Gasteiger partial charge >= 0.3 is 0 Å². The van der Waals surface area contributed by atoms with E-state index in [-0.39, 0.29) is 18.2 Å². The van der Waals surface area contributed by atoms with E-state index in [1.165, 1.54) is 13.2 Å². The molecule has 1 atom stereocenters. The van der Waals surface area contributed by atoms with Crippen LogP contribution >= 0.6 is 0 Å². The zero-order valence-electron chi connectivity index (χ0n) is 10.8. The Bertz CT molecular complexity index is 520. The molecule has 1 fully saturated rings. The van der Waals surface area contributed by atoms with Crippen LogP contribution < -0.4 is 10.6 Å². The minimum Gasteiger partial charge on any atom is -0.467 e. The minimum atomic E-state index is -3.39. The predicted molar refractivity (Wildman–Crippen MR) is 70.2 cm³/mol. The molecule has 1 aliphatic rings. The van der Waals surface area contributed by atoms with Gasteiger partial charge in [-0.15, -0.1) is 0 Å². The standard InChI is InChI=1S/C12H18N2O4S/c1-9(19(16,17)8-10-5-13-6-10)12(15)14-7-11-3-2-4-18-11/h2-4,9-10,13H,5-8H2,1H3,(H,14,15). The van der Waals surface area contributed by atoms with Crippen molar-refractivity contribution in [2.75, 3.05) is 18.8 Å². The van der Waals surface area contributed by atoms with Crippen molar-refractivity contribution >= 4 is 15.7 Å². The predicted octanol–water partition coefficient (Wildman–Crippen LogP) is -0.0815. The van der Waals surface area contributed by atoms with Crippen LogP contribution in [0.2, 0.25) is 0 Å². The second-order valence-electron chi connectivity index (χ2n) is 4.79. The molecule has 1 saturated heterocycles. The Morgan fingerprint density at radius 3 is 2.84 bits per heavy atom. The summed E-state index contributed by atoms with van der Waals surface area (Å²) in [7, 11) is -3.39. The third-order valence-corrected chi connectivity index (χ3v) is 5.49. The van der Waals surface area contributed by atoms with Crippen molar-refractivity contribution in [1.29, 1.82) is 0 Å². The molecule has 2 rings (SSSR count). The van der Waals surface area contributed by atoms with Crippen molar-refractivity contribution in [3.63, 3.8) is 0 Å². The van der Waals surface area contributed by atoms with Crippen LogP contribution in [0.5, 0.6) is 0 Å². The van der Waals surface area contributed by atoms with E-state index in [2.05, 4.69) is 10.6 Å². The molecule has 1 aromatic heterocycles.